The van der Waals surface area contributed by atoms with Crippen molar-refractivity contribution in [3.05, 3.63) is 71.4 Å². The summed E-state index contributed by atoms with van der Waals surface area (Å²) in [5.41, 5.74) is 2.87. The van der Waals surface area contributed by atoms with Gasteiger partial charge in [0, 0.05) is 11.9 Å². The van der Waals surface area contributed by atoms with Crippen LogP contribution >= 0.6 is 22.9 Å². The summed E-state index contributed by atoms with van der Waals surface area (Å²) < 4.78 is 0. The molecule has 2 aromatic carbocycles. The van der Waals surface area contributed by atoms with Crippen LogP contribution in [0.3, 0.4) is 0 Å². The first-order chi connectivity index (χ1) is 11.8. The van der Waals surface area contributed by atoms with E-state index in [1.807, 2.05) is 48.5 Å². The van der Waals surface area contributed by atoms with E-state index in [9.17, 15) is 0 Å². The van der Waals surface area contributed by atoms with Gasteiger partial charge in [0.15, 0.2) is 5.01 Å². The van der Waals surface area contributed by atoms with Crippen LogP contribution in [0.1, 0.15) is 5.56 Å². The summed E-state index contributed by atoms with van der Waals surface area (Å²) >= 11 is 7.80. The second-order valence-corrected chi connectivity index (χ2v) is 6.61. The van der Waals surface area contributed by atoms with E-state index >= 15 is 0 Å². The molecule has 4 rings (SSSR count). The van der Waals surface area contributed by atoms with Crippen LogP contribution in [0.25, 0.3) is 21.5 Å². The zero-order chi connectivity index (χ0) is 16.4. The Balaban J connectivity index is 1.59. The summed E-state index contributed by atoms with van der Waals surface area (Å²) in [7, 11) is 0. The minimum atomic E-state index is 0.444. The quantitative estimate of drug-likeness (QED) is 0.524. The van der Waals surface area contributed by atoms with Crippen LogP contribution in [0.5, 0.6) is 0 Å². The van der Waals surface area contributed by atoms with Gasteiger partial charge in [-0.25, -0.2) is 4.98 Å². The Kier molecular flexibility index (Phi) is 4.11. The molecule has 0 atom stereocenters. The summed E-state index contributed by atoms with van der Waals surface area (Å²) in [6, 6.07) is 20.1. The maximum absolute atomic E-state index is 6.33. The lowest BCUT2D eigenvalue weighted by Crippen LogP contribution is -1.98. The third-order valence-electron chi connectivity index (χ3n) is 3.62. The van der Waals surface area contributed by atoms with E-state index in [1.165, 1.54) is 16.9 Å². The number of fused-ring (bicyclic) bond motifs is 1. The average Bonchev–Trinajstić information content (AvgIpc) is 3.09. The Morgan fingerprint density at radius 2 is 1.75 bits per heavy atom. The molecule has 2 aromatic heterocycles. The number of aromatic nitrogens is 3. The minimum absolute atomic E-state index is 0.444. The van der Waals surface area contributed by atoms with Crippen molar-refractivity contribution in [1.82, 2.24) is 15.2 Å². The molecule has 118 valence electrons. The van der Waals surface area contributed by atoms with Crippen LogP contribution in [0.2, 0.25) is 5.15 Å². The Hall–Kier alpha value is -2.50. The van der Waals surface area contributed by atoms with Crippen molar-refractivity contribution in [2.45, 2.75) is 6.54 Å². The van der Waals surface area contributed by atoms with Gasteiger partial charge in [-0.2, -0.15) is 0 Å². The molecule has 0 bridgehead atoms. The third-order valence-corrected chi connectivity index (χ3v) is 4.82. The Morgan fingerprint density at radius 3 is 2.62 bits per heavy atom. The number of halogens is 1. The van der Waals surface area contributed by atoms with Gasteiger partial charge < -0.3 is 5.32 Å². The molecule has 0 aliphatic carbocycles. The van der Waals surface area contributed by atoms with E-state index in [0.29, 0.717) is 11.7 Å². The van der Waals surface area contributed by atoms with E-state index in [-0.39, 0.29) is 0 Å². The lowest BCUT2D eigenvalue weighted by Gasteiger charge is -2.03. The number of hydrogen-bond donors (Lipinski definition) is 1. The summed E-state index contributed by atoms with van der Waals surface area (Å²) in [5, 5.41) is 14.7. The number of rotatable bonds is 4. The van der Waals surface area contributed by atoms with Crippen molar-refractivity contribution in [3.63, 3.8) is 0 Å². The van der Waals surface area contributed by atoms with Gasteiger partial charge in [0.25, 0.3) is 0 Å². The molecule has 0 aliphatic heterocycles. The van der Waals surface area contributed by atoms with Gasteiger partial charge in [-0.15, -0.1) is 10.2 Å². The second kappa shape index (κ2) is 6.55. The molecule has 0 fully saturated rings. The van der Waals surface area contributed by atoms with Crippen LogP contribution in [-0.2, 0) is 6.54 Å². The number of pyridine rings is 1. The molecule has 0 spiro atoms. The highest BCUT2D eigenvalue weighted by molar-refractivity contribution is 7.18. The molecule has 0 unspecified atom stereocenters. The molecule has 4 nitrogen and oxygen atoms in total. The Labute approximate surface area is 148 Å². The van der Waals surface area contributed by atoms with Crippen molar-refractivity contribution in [2.24, 2.45) is 0 Å². The smallest absolute Gasteiger partial charge is 0.206 e. The first-order valence-corrected chi connectivity index (χ1v) is 8.66. The molecule has 0 saturated heterocycles. The van der Waals surface area contributed by atoms with Crippen molar-refractivity contribution in [3.8, 4) is 10.6 Å². The van der Waals surface area contributed by atoms with E-state index < -0.39 is 0 Å². The van der Waals surface area contributed by atoms with Crippen LogP contribution < -0.4 is 5.32 Å². The van der Waals surface area contributed by atoms with Crippen LogP contribution in [0.15, 0.2) is 60.7 Å². The molecule has 0 amide bonds. The SMILES string of the molecule is Clc1nc2ccccc2cc1-c1nnc(NCc2ccccc2)s1. The highest BCUT2D eigenvalue weighted by atomic mass is 35.5. The number of para-hydroxylation sites is 1. The molecule has 2 heterocycles. The van der Waals surface area contributed by atoms with Gasteiger partial charge >= 0.3 is 0 Å². The predicted octanol–water partition coefficient (Wildman–Crippen LogP) is 5.02. The maximum atomic E-state index is 6.33. The van der Waals surface area contributed by atoms with Gasteiger partial charge in [-0.1, -0.05) is 71.5 Å². The lowest BCUT2D eigenvalue weighted by molar-refractivity contribution is 1.05. The van der Waals surface area contributed by atoms with Gasteiger partial charge in [0.05, 0.1) is 11.1 Å². The van der Waals surface area contributed by atoms with E-state index in [0.717, 1.165) is 26.6 Å². The zero-order valence-corrected chi connectivity index (χ0v) is 14.2. The van der Waals surface area contributed by atoms with Crippen LogP contribution in [0.4, 0.5) is 5.13 Å². The van der Waals surface area contributed by atoms with E-state index in [1.54, 1.807) is 0 Å². The fourth-order valence-corrected chi connectivity index (χ4v) is 3.47. The number of nitrogens with one attached hydrogen (secondary N) is 1. The van der Waals surface area contributed by atoms with Crippen molar-refractivity contribution < 1.29 is 0 Å². The van der Waals surface area contributed by atoms with Crippen molar-refractivity contribution in [1.29, 1.82) is 0 Å². The highest BCUT2D eigenvalue weighted by Gasteiger charge is 2.12. The fraction of sp³-hybridized carbons (Fsp3) is 0.0556. The highest BCUT2D eigenvalue weighted by Crippen LogP contribution is 2.33. The Morgan fingerprint density at radius 1 is 0.958 bits per heavy atom. The Bertz CT molecular complexity index is 985. The van der Waals surface area contributed by atoms with Crippen molar-refractivity contribution in [2.75, 3.05) is 5.32 Å². The first kappa shape index (κ1) is 15.1. The molecular formula is C18H13ClN4S. The molecule has 4 aromatic rings. The standard InChI is InChI=1S/C18H13ClN4S/c19-16-14(10-13-8-4-5-9-15(13)21-16)17-22-23-18(24-17)20-11-12-6-2-1-3-7-12/h1-10H,11H2,(H,20,23). The second-order valence-electron chi connectivity index (χ2n) is 5.27. The van der Waals surface area contributed by atoms with Gasteiger partial charge in [0.2, 0.25) is 5.13 Å². The van der Waals surface area contributed by atoms with Crippen molar-refractivity contribution >= 4 is 39.0 Å². The van der Waals surface area contributed by atoms with Gasteiger partial charge in [-0.3, -0.25) is 0 Å². The molecule has 6 heteroatoms. The van der Waals surface area contributed by atoms with Crippen LogP contribution in [-0.4, -0.2) is 15.2 Å². The van der Waals surface area contributed by atoms with Crippen LogP contribution in [0, 0.1) is 0 Å². The fourth-order valence-electron chi connectivity index (χ4n) is 2.42. The molecule has 0 radical (unpaired) electrons. The normalized spacial score (nSPS) is 10.9. The predicted molar refractivity (Wildman–Crippen MR) is 99.4 cm³/mol. The summed E-state index contributed by atoms with van der Waals surface area (Å²) in [6.07, 6.45) is 0. The molecule has 0 saturated carbocycles. The van der Waals surface area contributed by atoms with Gasteiger partial charge in [-0.05, 0) is 17.7 Å². The zero-order valence-electron chi connectivity index (χ0n) is 12.6. The third kappa shape index (κ3) is 3.09. The number of nitrogens with zero attached hydrogens (tertiary/aromatic N) is 3. The number of benzene rings is 2. The topological polar surface area (TPSA) is 50.7 Å². The summed E-state index contributed by atoms with van der Waals surface area (Å²) in [6.45, 7) is 0.708. The lowest BCUT2D eigenvalue weighted by atomic mass is 10.2. The summed E-state index contributed by atoms with van der Waals surface area (Å²) in [4.78, 5) is 4.44. The largest absolute Gasteiger partial charge is 0.356 e. The number of anilines is 1. The molecule has 0 aliphatic rings. The molecular weight excluding hydrogens is 340 g/mol. The molecule has 24 heavy (non-hydrogen) atoms. The summed E-state index contributed by atoms with van der Waals surface area (Å²) in [5.74, 6) is 0. The van der Waals surface area contributed by atoms with Gasteiger partial charge in [0.1, 0.15) is 5.15 Å². The first-order valence-electron chi connectivity index (χ1n) is 7.46. The minimum Gasteiger partial charge on any atom is -0.356 e. The van der Waals surface area contributed by atoms with E-state index in [4.69, 9.17) is 11.6 Å². The monoisotopic (exact) mass is 352 g/mol. The maximum Gasteiger partial charge on any atom is 0.206 e. The molecule has 1 N–H and O–H groups in total. The van der Waals surface area contributed by atoms with E-state index in [2.05, 4.69) is 32.6 Å². The number of hydrogen-bond acceptors (Lipinski definition) is 5. The average molecular weight is 353 g/mol.